The fraction of sp³-hybridized carbons (Fsp3) is 0.481. The van der Waals surface area contributed by atoms with E-state index in [1.54, 1.807) is 12.1 Å². The van der Waals surface area contributed by atoms with Crippen molar-refractivity contribution in [1.82, 2.24) is 0 Å². The summed E-state index contributed by atoms with van der Waals surface area (Å²) in [6, 6.07) is 11.6. The van der Waals surface area contributed by atoms with Crippen LogP contribution in [0.25, 0.3) is 0 Å². The first kappa shape index (κ1) is 21.6. The molecule has 154 valence electrons. The monoisotopic (exact) mass is 394 g/mol. The predicted octanol–water partition coefficient (Wildman–Crippen LogP) is 7.78. The number of aryl methyl sites for hydroxylation is 1. The molecule has 3 rings (SSSR count). The van der Waals surface area contributed by atoms with Gasteiger partial charge in [0.2, 0.25) is 0 Å². The van der Waals surface area contributed by atoms with E-state index in [2.05, 4.69) is 30.9 Å². The van der Waals surface area contributed by atoms with Crippen molar-refractivity contribution in [2.75, 3.05) is 0 Å². The standard InChI is InChI=1S/C27H32F2/c1-3-5-7-20-8-13-22(14-9-20)23-15-10-21(11-16-23)12-17-25-19-18-24(6-4-2)26(28)27(25)29/h10-11,15-16,18-20,22H,3-9,13-14H2,1-2H3. The average molecular weight is 395 g/mol. The minimum Gasteiger partial charge on any atom is -0.203 e. The highest BCUT2D eigenvalue weighted by Gasteiger charge is 2.21. The van der Waals surface area contributed by atoms with E-state index in [1.165, 1.54) is 50.5 Å². The highest BCUT2D eigenvalue weighted by Crippen LogP contribution is 2.37. The smallest absolute Gasteiger partial charge is 0.174 e. The Hall–Kier alpha value is -2.14. The molecular weight excluding hydrogens is 362 g/mol. The number of rotatable bonds is 6. The van der Waals surface area contributed by atoms with Crippen molar-refractivity contribution in [3.05, 3.63) is 70.3 Å². The Balaban J connectivity index is 1.63. The van der Waals surface area contributed by atoms with Crippen molar-refractivity contribution in [2.24, 2.45) is 5.92 Å². The van der Waals surface area contributed by atoms with Crippen LogP contribution in [0.4, 0.5) is 8.78 Å². The number of hydrogen-bond acceptors (Lipinski definition) is 0. The van der Waals surface area contributed by atoms with Crippen LogP contribution in [0.5, 0.6) is 0 Å². The molecular formula is C27H32F2. The van der Waals surface area contributed by atoms with E-state index in [4.69, 9.17) is 0 Å². The molecule has 0 N–H and O–H groups in total. The normalized spacial score (nSPS) is 18.9. The van der Waals surface area contributed by atoms with Gasteiger partial charge in [0.25, 0.3) is 0 Å². The Kier molecular flexibility index (Phi) is 7.87. The van der Waals surface area contributed by atoms with Crippen LogP contribution in [0, 0.1) is 29.4 Å². The van der Waals surface area contributed by atoms with Gasteiger partial charge >= 0.3 is 0 Å². The Labute approximate surface area is 174 Å². The van der Waals surface area contributed by atoms with Gasteiger partial charge in [-0.2, -0.15) is 0 Å². The molecule has 0 aromatic heterocycles. The van der Waals surface area contributed by atoms with Crippen LogP contribution in [0.3, 0.4) is 0 Å². The highest BCUT2D eigenvalue weighted by molar-refractivity contribution is 5.45. The molecule has 0 saturated heterocycles. The third-order valence-electron chi connectivity index (χ3n) is 6.22. The van der Waals surface area contributed by atoms with Gasteiger partial charge in [-0.05, 0) is 73.3 Å². The minimum atomic E-state index is -0.833. The zero-order chi connectivity index (χ0) is 20.6. The Morgan fingerprint density at radius 3 is 2.21 bits per heavy atom. The lowest BCUT2D eigenvalue weighted by molar-refractivity contribution is 0.304. The topological polar surface area (TPSA) is 0 Å². The summed E-state index contributed by atoms with van der Waals surface area (Å²) < 4.78 is 28.3. The van der Waals surface area contributed by atoms with Crippen molar-refractivity contribution in [2.45, 2.75) is 77.6 Å². The Morgan fingerprint density at radius 2 is 1.55 bits per heavy atom. The van der Waals surface area contributed by atoms with E-state index in [1.807, 2.05) is 19.1 Å². The molecule has 1 aliphatic carbocycles. The van der Waals surface area contributed by atoms with E-state index < -0.39 is 11.6 Å². The molecule has 2 aromatic rings. The van der Waals surface area contributed by atoms with Crippen molar-refractivity contribution in [1.29, 1.82) is 0 Å². The van der Waals surface area contributed by atoms with Gasteiger partial charge in [0.15, 0.2) is 11.6 Å². The first-order valence-corrected chi connectivity index (χ1v) is 11.2. The van der Waals surface area contributed by atoms with E-state index in [-0.39, 0.29) is 5.56 Å². The summed E-state index contributed by atoms with van der Waals surface area (Å²) in [7, 11) is 0. The van der Waals surface area contributed by atoms with Crippen LogP contribution >= 0.6 is 0 Å². The summed E-state index contributed by atoms with van der Waals surface area (Å²) in [5.41, 5.74) is 2.76. The second kappa shape index (κ2) is 10.6. The third kappa shape index (κ3) is 5.69. The summed E-state index contributed by atoms with van der Waals surface area (Å²) in [4.78, 5) is 0. The van der Waals surface area contributed by atoms with E-state index in [0.29, 0.717) is 17.9 Å². The van der Waals surface area contributed by atoms with Crippen molar-refractivity contribution >= 4 is 0 Å². The molecule has 0 heterocycles. The predicted molar refractivity (Wildman–Crippen MR) is 117 cm³/mol. The van der Waals surface area contributed by atoms with Crippen LogP contribution in [0.1, 0.15) is 93.4 Å². The second-order valence-corrected chi connectivity index (χ2v) is 8.38. The third-order valence-corrected chi connectivity index (χ3v) is 6.22. The number of benzene rings is 2. The SMILES string of the molecule is CCCCC1CCC(c2ccc(C#Cc3ccc(CCC)c(F)c3F)cc2)CC1. The van der Waals surface area contributed by atoms with E-state index in [9.17, 15) is 8.78 Å². The van der Waals surface area contributed by atoms with Gasteiger partial charge in [-0.1, -0.05) is 69.6 Å². The summed E-state index contributed by atoms with van der Waals surface area (Å²) in [6.45, 7) is 4.22. The summed E-state index contributed by atoms with van der Waals surface area (Å²) in [6.07, 6.45) is 10.6. The highest BCUT2D eigenvalue weighted by atomic mass is 19.2. The summed E-state index contributed by atoms with van der Waals surface area (Å²) >= 11 is 0. The Morgan fingerprint density at radius 1 is 0.828 bits per heavy atom. The van der Waals surface area contributed by atoms with Gasteiger partial charge in [0.1, 0.15) is 0 Å². The zero-order valence-corrected chi connectivity index (χ0v) is 17.7. The lowest BCUT2D eigenvalue weighted by Crippen LogP contribution is -2.13. The number of hydrogen-bond donors (Lipinski definition) is 0. The molecule has 2 heteroatoms. The van der Waals surface area contributed by atoms with Crippen LogP contribution in [-0.4, -0.2) is 0 Å². The first-order chi connectivity index (χ1) is 14.1. The molecule has 1 fully saturated rings. The van der Waals surface area contributed by atoms with Gasteiger partial charge in [0, 0.05) is 5.56 Å². The van der Waals surface area contributed by atoms with Gasteiger partial charge in [-0.3, -0.25) is 0 Å². The van der Waals surface area contributed by atoms with Crippen molar-refractivity contribution in [3.8, 4) is 11.8 Å². The van der Waals surface area contributed by atoms with E-state index >= 15 is 0 Å². The number of halogens is 2. The molecule has 1 saturated carbocycles. The maximum Gasteiger partial charge on any atom is 0.174 e. The zero-order valence-electron chi connectivity index (χ0n) is 17.7. The average Bonchev–Trinajstić information content (AvgIpc) is 2.76. The van der Waals surface area contributed by atoms with Crippen molar-refractivity contribution < 1.29 is 8.78 Å². The largest absolute Gasteiger partial charge is 0.203 e. The molecule has 0 radical (unpaired) electrons. The van der Waals surface area contributed by atoms with Gasteiger partial charge in [-0.25, -0.2) is 8.78 Å². The molecule has 0 nitrogen and oxygen atoms in total. The molecule has 0 amide bonds. The molecule has 2 aromatic carbocycles. The molecule has 0 spiro atoms. The Bertz CT molecular complexity index is 847. The molecule has 0 unspecified atom stereocenters. The van der Waals surface area contributed by atoms with Crippen LogP contribution in [0.15, 0.2) is 36.4 Å². The van der Waals surface area contributed by atoms with Gasteiger partial charge < -0.3 is 0 Å². The van der Waals surface area contributed by atoms with Crippen molar-refractivity contribution in [3.63, 3.8) is 0 Å². The van der Waals surface area contributed by atoms with Gasteiger partial charge in [-0.15, -0.1) is 0 Å². The molecule has 0 aliphatic heterocycles. The summed E-state index contributed by atoms with van der Waals surface area (Å²) in [5, 5.41) is 0. The maximum atomic E-state index is 14.2. The number of unbranched alkanes of at least 4 members (excludes halogenated alkanes) is 1. The van der Waals surface area contributed by atoms with Crippen LogP contribution in [0.2, 0.25) is 0 Å². The summed E-state index contributed by atoms with van der Waals surface area (Å²) in [5.74, 6) is 5.75. The maximum absolute atomic E-state index is 14.2. The lowest BCUT2D eigenvalue weighted by atomic mass is 9.77. The van der Waals surface area contributed by atoms with Crippen LogP contribution < -0.4 is 0 Å². The minimum absolute atomic E-state index is 0.122. The molecule has 1 aliphatic rings. The first-order valence-electron chi connectivity index (χ1n) is 11.2. The lowest BCUT2D eigenvalue weighted by Gasteiger charge is -2.28. The fourth-order valence-corrected chi connectivity index (χ4v) is 4.40. The molecule has 29 heavy (non-hydrogen) atoms. The fourth-order valence-electron chi connectivity index (χ4n) is 4.40. The van der Waals surface area contributed by atoms with E-state index in [0.717, 1.165) is 17.9 Å². The van der Waals surface area contributed by atoms with Gasteiger partial charge in [0.05, 0.1) is 5.56 Å². The second-order valence-electron chi connectivity index (χ2n) is 8.38. The molecule has 0 bridgehead atoms. The molecule has 0 atom stereocenters. The quantitative estimate of drug-likeness (QED) is 0.439. The van der Waals surface area contributed by atoms with Crippen LogP contribution in [-0.2, 0) is 6.42 Å².